The van der Waals surface area contributed by atoms with Crippen LogP contribution < -0.4 is 0 Å². The van der Waals surface area contributed by atoms with Crippen molar-refractivity contribution < 1.29 is 22.1 Å². The molecule has 1 amide bonds. The molecule has 138 valence electrons. The molecule has 6 nitrogen and oxygen atoms in total. The Balaban J connectivity index is 1.79. The van der Waals surface area contributed by atoms with E-state index in [1.165, 1.54) is 17.0 Å². The monoisotopic (exact) mass is 367 g/mol. The predicted octanol–water partition coefficient (Wildman–Crippen LogP) is 3.45. The molecule has 1 unspecified atom stereocenters. The van der Waals surface area contributed by atoms with Gasteiger partial charge >= 0.3 is 6.09 Å². The van der Waals surface area contributed by atoms with Gasteiger partial charge in [0.05, 0.1) is 4.90 Å². The minimum Gasteiger partial charge on any atom is -0.444 e. The Morgan fingerprint density at radius 2 is 1.80 bits per heavy atom. The van der Waals surface area contributed by atoms with Crippen LogP contribution in [0.4, 0.5) is 4.79 Å². The average molecular weight is 367 g/mol. The number of ether oxygens (including phenoxy) is 1. The van der Waals surface area contributed by atoms with E-state index in [1.54, 1.807) is 32.9 Å². The van der Waals surface area contributed by atoms with Crippen molar-refractivity contribution in [2.75, 3.05) is 6.54 Å². The highest BCUT2D eigenvalue weighted by Gasteiger charge is 2.61. The molecule has 1 aromatic rings. The lowest BCUT2D eigenvalue weighted by Gasteiger charge is -2.60. The van der Waals surface area contributed by atoms with Gasteiger partial charge in [0.15, 0.2) is 6.23 Å². The van der Waals surface area contributed by atoms with Crippen LogP contribution in [0.2, 0.25) is 0 Å². The van der Waals surface area contributed by atoms with Crippen LogP contribution in [0, 0.1) is 12.3 Å². The normalized spacial score (nSPS) is 22.2. The van der Waals surface area contributed by atoms with E-state index >= 15 is 0 Å². The van der Waals surface area contributed by atoms with Crippen LogP contribution in [0.5, 0.6) is 0 Å². The molecule has 1 spiro atoms. The predicted molar refractivity (Wildman–Crippen MR) is 92.5 cm³/mol. The summed E-state index contributed by atoms with van der Waals surface area (Å²) in [5, 5.41) is 0. The van der Waals surface area contributed by atoms with E-state index in [0.717, 1.165) is 24.8 Å². The van der Waals surface area contributed by atoms with Crippen LogP contribution in [0.1, 0.15) is 45.6 Å². The summed E-state index contributed by atoms with van der Waals surface area (Å²) in [7, 11) is -3.94. The molecule has 0 aromatic heterocycles. The van der Waals surface area contributed by atoms with E-state index in [-0.39, 0.29) is 10.3 Å². The van der Waals surface area contributed by atoms with Crippen molar-refractivity contribution in [2.45, 2.75) is 63.7 Å². The molecule has 2 aliphatic rings. The quantitative estimate of drug-likeness (QED) is 0.765. The second-order valence-electron chi connectivity index (χ2n) is 8.04. The second kappa shape index (κ2) is 5.99. The molecule has 0 N–H and O–H groups in total. The van der Waals surface area contributed by atoms with Crippen molar-refractivity contribution in [3.63, 3.8) is 0 Å². The maximum Gasteiger partial charge on any atom is 0.412 e. The number of benzene rings is 1. The molecule has 1 aliphatic carbocycles. The first kappa shape index (κ1) is 18.2. The molecular formula is C18H25NO5S. The average Bonchev–Trinajstić information content (AvgIpc) is 2.41. The zero-order valence-corrected chi connectivity index (χ0v) is 15.9. The number of aryl methyl sites for hydroxylation is 1. The summed E-state index contributed by atoms with van der Waals surface area (Å²) in [6.45, 7) is 7.71. The van der Waals surface area contributed by atoms with E-state index < -0.39 is 28.0 Å². The van der Waals surface area contributed by atoms with Crippen LogP contribution in [0.15, 0.2) is 29.2 Å². The zero-order valence-electron chi connectivity index (χ0n) is 15.1. The summed E-state index contributed by atoms with van der Waals surface area (Å²) >= 11 is 0. The third-order valence-corrected chi connectivity index (χ3v) is 6.08. The highest BCUT2D eigenvalue weighted by Crippen LogP contribution is 2.54. The van der Waals surface area contributed by atoms with Gasteiger partial charge in [0, 0.05) is 12.0 Å². The lowest BCUT2D eigenvalue weighted by Crippen LogP contribution is -2.70. The number of rotatable bonds is 3. The lowest BCUT2D eigenvalue weighted by molar-refractivity contribution is -0.198. The minimum atomic E-state index is -3.94. The number of hydrogen-bond donors (Lipinski definition) is 0. The molecule has 1 heterocycles. The maximum absolute atomic E-state index is 12.6. The first-order valence-corrected chi connectivity index (χ1v) is 9.93. The van der Waals surface area contributed by atoms with Crippen molar-refractivity contribution >= 4 is 16.2 Å². The van der Waals surface area contributed by atoms with Crippen LogP contribution in [0.3, 0.4) is 0 Å². The summed E-state index contributed by atoms with van der Waals surface area (Å²) < 4.78 is 36.1. The number of likely N-dealkylation sites (tertiary alicyclic amines) is 1. The summed E-state index contributed by atoms with van der Waals surface area (Å²) in [6, 6.07) is 6.49. The Labute approximate surface area is 149 Å². The fourth-order valence-corrected chi connectivity index (χ4v) is 4.40. The van der Waals surface area contributed by atoms with E-state index in [2.05, 4.69) is 0 Å². The van der Waals surface area contributed by atoms with Gasteiger partial charge < -0.3 is 4.74 Å². The third kappa shape index (κ3) is 3.53. The molecule has 1 saturated heterocycles. The van der Waals surface area contributed by atoms with Gasteiger partial charge in [0.1, 0.15) is 5.60 Å². The summed E-state index contributed by atoms with van der Waals surface area (Å²) in [4.78, 5) is 13.9. The fourth-order valence-electron chi connectivity index (χ4n) is 3.27. The molecule has 1 saturated carbocycles. The van der Waals surface area contributed by atoms with Gasteiger partial charge in [-0.2, -0.15) is 8.42 Å². The van der Waals surface area contributed by atoms with Crippen LogP contribution in [0.25, 0.3) is 0 Å². The van der Waals surface area contributed by atoms with Crippen molar-refractivity contribution in [1.82, 2.24) is 4.90 Å². The number of carbonyl (C=O) groups is 1. The molecule has 0 radical (unpaired) electrons. The second-order valence-corrected chi connectivity index (χ2v) is 9.61. The zero-order chi connectivity index (χ0) is 18.5. The number of amides is 1. The van der Waals surface area contributed by atoms with E-state index in [0.29, 0.717) is 6.54 Å². The van der Waals surface area contributed by atoms with Gasteiger partial charge in [-0.25, -0.2) is 8.98 Å². The van der Waals surface area contributed by atoms with Crippen molar-refractivity contribution in [2.24, 2.45) is 5.41 Å². The number of nitrogens with zero attached hydrogens (tertiary/aromatic N) is 1. The molecule has 0 bridgehead atoms. The number of carbonyl (C=O) groups excluding carboxylic acids is 1. The van der Waals surface area contributed by atoms with Crippen LogP contribution >= 0.6 is 0 Å². The number of hydrogen-bond acceptors (Lipinski definition) is 5. The Bertz CT molecular complexity index is 760. The van der Waals surface area contributed by atoms with Gasteiger partial charge in [-0.1, -0.05) is 24.1 Å². The SMILES string of the molecule is Cc1ccc(S(=O)(=O)OC2N(C(=O)OC(C)(C)C)CC23CCC3)cc1. The standard InChI is InChI=1S/C18H25NO5S/c1-13-6-8-14(9-7-13)25(21,22)24-15-18(10-5-11-18)12-19(15)16(20)23-17(2,3)4/h6-9,15H,5,10-12H2,1-4H3. The Morgan fingerprint density at radius 3 is 2.28 bits per heavy atom. The van der Waals surface area contributed by atoms with Crippen molar-refractivity contribution in [1.29, 1.82) is 0 Å². The molecule has 3 rings (SSSR count). The summed E-state index contributed by atoms with van der Waals surface area (Å²) in [6.07, 6.45) is 1.42. The van der Waals surface area contributed by atoms with E-state index in [4.69, 9.17) is 8.92 Å². The highest BCUT2D eigenvalue weighted by atomic mass is 32.2. The smallest absolute Gasteiger partial charge is 0.412 e. The molecule has 1 aliphatic heterocycles. The molecule has 7 heteroatoms. The molecule has 1 atom stereocenters. The molecule has 25 heavy (non-hydrogen) atoms. The largest absolute Gasteiger partial charge is 0.444 e. The Kier molecular flexibility index (Phi) is 4.36. The van der Waals surface area contributed by atoms with Crippen LogP contribution in [-0.2, 0) is 19.0 Å². The summed E-state index contributed by atoms with van der Waals surface area (Å²) in [5.41, 5.74) is 0.0718. The Morgan fingerprint density at radius 1 is 1.20 bits per heavy atom. The lowest BCUT2D eigenvalue weighted by atomic mass is 9.62. The molecule has 1 aromatic carbocycles. The third-order valence-electron chi connectivity index (χ3n) is 4.80. The van der Waals surface area contributed by atoms with Gasteiger partial charge in [0.2, 0.25) is 0 Å². The van der Waals surface area contributed by atoms with E-state index in [1.807, 2.05) is 6.92 Å². The fraction of sp³-hybridized carbons (Fsp3) is 0.611. The van der Waals surface area contributed by atoms with E-state index in [9.17, 15) is 13.2 Å². The molecular weight excluding hydrogens is 342 g/mol. The van der Waals surface area contributed by atoms with Gasteiger partial charge in [-0.3, -0.25) is 4.90 Å². The van der Waals surface area contributed by atoms with Crippen molar-refractivity contribution in [3.05, 3.63) is 29.8 Å². The van der Waals surface area contributed by atoms with Gasteiger partial charge in [-0.05, 0) is 52.7 Å². The van der Waals surface area contributed by atoms with Crippen LogP contribution in [-0.4, -0.2) is 37.8 Å². The Hall–Kier alpha value is -1.60. The van der Waals surface area contributed by atoms with Crippen molar-refractivity contribution in [3.8, 4) is 0 Å². The first-order valence-electron chi connectivity index (χ1n) is 8.52. The highest BCUT2D eigenvalue weighted by molar-refractivity contribution is 7.86. The first-order chi connectivity index (χ1) is 11.5. The summed E-state index contributed by atoms with van der Waals surface area (Å²) in [5.74, 6) is 0. The van der Waals surface area contributed by atoms with Gasteiger partial charge in [-0.15, -0.1) is 0 Å². The molecule has 2 fully saturated rings. The maximum atomic E-state index is 12.6. The topological polar surface area (TPSA) is 72.9 Å². The van der Waals surface area contributed by atoms with Gasteiger partial charge in [0.25, 0.3) is 10.1 Å². The minimum absolute atomic E-state index is 0.101.